The summed E-state index contributed by atoms with van der Waals surface area (Å²) in [5.41, 5.74) is -1.84. The number of hydrogen-bond acceptors (Lipinski definition) is 21. The van der Waals surface area contributed by atoms with Crippen molar-refractivity contribution in [1.82, 2.24) is 0 Å². The van der Waals surface area contributed by atoms with Crippen LogP contribution in [0.3, 0.4) is 0 Å². The Morgan fingerprint density at radius 1 is 0.658 bits per heavy atom. The number of carbonyl (C=O) groups excluding carboxylic acids is 1. The number of carbonyl (C=O) groups is 3. The lowest BCUT2D eigenvalue weighted by molar-refractivity contribution is -0.389. The Bertz CT molecular complexity index is 2180. The maximum Gasteiger partial charge on any atom is 0.335 e. The molecule has 0 spiro atoms. The first-order valence-electron chi connectivity index (χ1n) is 27.1. The van der Waals surface area contributed by atoms with Gasteiger partial charge >= 0.3 is 11.9 Å². The van der Waals surface area contributed by atoms with Gasteiger partial charge in [-0.1, -0.05) is 53.2 Å². The highest BCUT2D eigenvalue weighted by Gasteiger charge is 2.71. The first kappa shape index (κ1) is 58.3. The molecule has 0 unspecified atom stereocenters. The zero-order valence-corrected chi connectivity index (χ0v) is 44.3. The predicted molar refractivity (Wildman–Crippen MR) is 257 cm³/mol. The van der Waals surface area contributed by atoms with Crippen molar-refractivity contribution < 1.29 is 114 Å². The molecule has 23 nitrogen and oxygen atoms in total. The number of aliphatic hydroxyl groups is 10. The molecule has 4 aliphatic heterocycles. The second-order valence-corrected chi connectivity index (χ2v) is 25.5. The van der Waals surface area contributed by atoms with Crippen LogP contribution in [-0.4, -0.2) is 216 Å². The maximum atomic E-state index is 13.8. The SMILES string of the molecule is C[C@@H]1O[C@@H](O[C@@H]2[C@@H](O)[C@H](O[C@@H]3[C@H](O[C@@H]4O[C@H](CO)[C@H](O)[C@H](O)[C@H]4O)[C@@H](O)[C@H](O[C@H]4CC[C@@]5(C)[C@H](CC[C@]6(C)[C@@H]5CC=C5[C@H]7CC(C)(C)CC[C@]7(C(=O)O)CC[C@]56C)[C@@]4(C)C=O)O[C@@H]3C(=O)O)OC[C@@H]2O)[C@H](O)[C@H](O)[C@H]1O. The molecule has 4 saturated heterocycles. The van der Waals surface area contributed by atoms with E-state index < -0.39 is 164 Å². The molecule has 9 rings (SSSR count). The molecule has 28 atom stereocenters. The van der Waals surface area contributed by atoms with Gasteiger partial charge in [0.05, 0.1) is 36.3 Å². The zero-order chi connectivity index (χ0) is 55.6. The fraction of sp³-hybridized carbons (Fsp3) is 0.906. The Hall–Kier alpha value is -2.37. The Morgan fingerprint density at radius 2 is 1.26 bits per heavy atom. The average Bonchev–Trinajstić information content (AvgIpc) is 3.55. The molecule has 4 heterocycles. The lowest BCUT2D eigenvalue weighted by atomic mass is 9.33. The van der Waals surface area contributed by atoms with Crippen LogP contribution in [0.4, 0.5) is 0 Å². The highest BCUT2D eigenvalue weighted by atomic mass is 16.8. The van der Waals surface area contributed by atoms with Gasteiger partial charge in [0, 0.05) is 0 Å². The van der Waals surface area contributed by atoms with Crippen LogP contribution in [-0.2, 0) is 52.3 Å². The van der Waals surface area contributed by atoms with E-state index >= 15 is 0 Å². The van der Waals surface area contributed by atoms with Crippen LogP contribution >= 0.6 is 0 Å². The molecule has 12 N–H and O–H groups in total. The van der Waals surface area contributed by atoms with Gasteiger partial charge in [-0.2, -0.15) is 0 Å². The summed E-state index contributed by atoms with van der Waals surface area (Å²) in [4.78, 5) is 40.4. The summed E-state index contributed by atoms with van der Waals surface area (Å²) in [6.45, 7) is 13.0. The standard InChI is InChI=1S/C53H82O23/c1-22-30(57)32(59)34(61)44(70-22)73-38-25(56)20-69-43(36(38)63)75-40-39(74-45-35(62)33(60)31(58)26(19-54)71-45)37(64)46(76-41(40)42(65)66)72-29-11-12-49(4)27(50(29,5)21-55)10-13-52(7)28(49)9-8-23-24-18-48(2,3)14-16-53(24,47(67)68)17-15-51(23,52)6/h8,21-22,24-41,43-46,54,56-64H,9-20H2,1-7H3,(H,65,66)(H,67,68)/t22-,24+,25-,26+,27-,28+,29-,30-,31-,32+,33-,34+,35+,36+,37+,38-,39+,40+,41-,43-,44-,45-,46+,49-,50+,51+,52+,53-/m0/s1. The normalized spacial score (nSPS) is 54.2. The topological polar surface area (TPSA) is 368 Å². The van der Waals surface area contributed by atoms with Crippen molar-refractivity contribution in [1.29, 1.82) is 0 Å². The molecule has 0 amide bonds. The summed E-state index contributed by atoms with van der Waals surface area (Å²) in [5.74, 6) is -2.74. The van der Waals surface area contributed by atoms with E-state index in [-0.39, 0.29) is 40.4 Å². The maximum absolute atomic E-state index is 13.8. The van der Waals surface area contributed by atoms with Gasteiger partial charge in [0.25, 0.3) is 0 Å². The van der Waals surface area contributed by atoms with E-state index in [1.54, 1.807) is 6.92 Å². The highest BCUT2D eigenvalue weighted by Crippen LogP contribution is 2.76. The van der Waals surface area contributed by atoms with Crippen molar-refractivity contribution >= 4 is 18.2 Å². The molecule has 0 aromatic carbocycles. The Balaban J connectivity index is 0.990. The van der Waals surface area contributed by atoms with E-state index in [0.29, 0.717) is 32.1 Å². The molecule has 8 fully saturated rings. The van der Waals surface area contributed by atoms with Crippen LogP contribution < -0.4 is 0 Å². The molecule has 0 aromatic heterocycles. The number of fused-ring (bicyclic) bond motifs is 7. The van der Waals surface area contributed by atoms with E-state index in [1.165, 1.54) is 12.5 Å². The Morgan fingerprint density at radius 3 is 1.91 bits per heavy atom. The van der Waals surface area contributed by atoms with Crippen molar-refractivity contribution in [3.05, 3.63) is 11.6 Å². The molecule has 23 heteroatoms. The number of hydrogen-bond donors (Lipinski definition) is 12. The third-order valence-corrected chi connectivity index (χ3v) is 21.0. The van der Waals surface area contributed by atoms with Gasteiger partial charge in [0.2, 0.25) is 0 Å². The number of aldehydes is 1. The monoisotopic (exact) mass is 1090 g/mol. The highest BCUT2D eigenvalue weighted by molar-refractivity contribution is 5.77. The van der Waals surface area contributed by atoms with Crippen molar-refractivity contribution in [3.63, 3.8) is 0 Å². The van der Waals surface area contributed by atoms with Crippen LogP contribution in [0.25, 0.3) is 0 Å². The lowest BCUT2D eigenvalue weighted by Gasteiger charge is -2.71. The van der Waals surface area contributed by atoms with Crippen molar-refractivity contribution in [3.8, 4) is 0 Å². The van der Waals surface area contributed by atoms with Gasteiger partial charge < -0.3 is 104 Å². The van der Waals surface area contributed by atoms with Gasteiger partial charge in [0.1, 0.15) is 85.6 Å². The van der Waals surface area contributed by atoms with Crippen LogP contribution in [0, 0.1) is 50.2 Å². The predicted octanol–water partition coefficient (Wildman–Crippen LogP) is -0.532. The molecule has 0 aromatic rings. The summed E-state index contributed by atoms with van der Waals surface area (Å²) < 4.78 is 47.3. The summed E-state index contributed by atoms with van der Waals surface area (Å²) in [7, 11) is 0. The van der Waals surface area contributed by atoms with E-state index in [9.17, 15) is 75.7 Å². The van der Waals surface area contributed by atoms with E-state index in [2.05, 4.69) is 40.7 Å². The van der Waals surface area contributed by atoms with Gasteiger partial charge in [-0.3, -0.25) is 4.79 Å². The van der Waals surface area contributed by atoms with Crippen LogP contribution in [0.5, 0.6) is 0 Å². The van der Waals surface area contributed by atoms with Crippen LogP contribution in [0.2, 0.25) is 0 Å². The second-order valence-electron chi connectivity index (χ2n) is 25.5. The molecular formula is C53H82O23. The molecule has 4 saturated carbocycles. The average molecular weight is 1090 g/mol. The number of allylic oxidation sites excluding steroid dienone is 2. The Labute approximate surface area is 441 Å². The van der Waals surface area contributed by atoms with Crippen molar-refractivity contribution in [2.75, 3.05) is 13.2 Å². The molecule has 0 bridgehead atoms. The van der Waals surface area contributed by atoms with Crippen LogP contribution in [0.15, 0.2) is 11.6 Å². The lowest BCUT2D eigenvalue weighted by Crippen LogP contribution is -2.69. The van der Waals surface area contributed by atoms with Gasteiger partial charge in [-0.15, -0.1) is 0 Å². The molecule has 5 aliphatic carbocycles. The number of carboxylic acid groups (broad SMARTS) is 2. The summed E-state index contributed by atoms with van der Waals surface area (Å²) in [5, 5.41) is 130. The van der Waals surface area contributed by atoms with Gasteiger partial charge in [0.15, 0.2) is 31.3 Å². The molecule has 0 radical (unpaired) electrons. The summed E-state index contributed by atoms with van der Waals surface area (Å²) >= 11 is 0. The van der Waals surface area contributed by atoms with E-state index in [0.717, 1.165) is 32.0 Å². The zero-order valence-electron chi connectivity index (χ0n) is 44.3. The number of ether oxygens (including phenoxy) is 8. The first-order valence-corrected chi connectivity index (χ1v) is 27.1. The summed E-state index contributed by atoms with van der Waals surface area (Å²) in [6, 6.07) is 0. The minimum absolute atomic E-state index is 0.0147. The second kappa shape index (κ2) is 20.9. The fourth-order valence-electron chi connectivity index (χ4n) is 16.1. The fourth-order valence-corrected chi connectivity index (χ4v) is 16.1. The van der Waals surface area contributed by atoms with Crippen molar-refractivity contribution in [2.24, 2.45) is 50.2 Å². The summed E-state index contributed by atoms with van der Waals surface area (Å²) in [6.07, 6.45) is -26.3. The largest absolute Gasteiger partial charge is 0.481 e. The third kappa shape index (κ3) is 9.24. The molecule has 432 valence electrons. The van der Waals surface area contributed by atoms with Gasteiger partial charge in [-0.25, -0.2) is 4.79 Å². The smallest absolute Gasteiger partial charge is 0.335 e. The molecule has 9 aliphatic rings. The van der Waals surface area contributed by atoms with Crippen molar-refractivity contribution in [2.45, 2.75) is 235 Å². The number of aliphatic hydroxyl groups excluding tert-OH is 10. The van der Waals surface area contributed by atoms with Gasteiger partial charge in [-0.05, 0) is 111 Å². The first-order chi connectivity index (χ1) is 35.5. The quantitative estimate of drug-likeness (QED) is 0.0664. The number of aliphatic carboxylic acids is 2. The molecule has 76 heavy (non-hydrogen) atoms. The van der Waals surface area contributed by atoms with E-state index in [4.69, 9.17) is 37.9 Å². The number of carboxylic acids is 2. The third-order valence-electron chi connectivity index (χ3n) is 21.0. The Kier molecular flexibility index (Phi) is 16.0. The van der Waals surface area contributed by atoms with E-state index in [1.807, 2.05) is 0 Å². The minimum Gasteiger partial charge on any atom is -0.481 e. The van der Waals surface area contributed by atoms with Crippen LogP contribution in [0.1, 0.15) is 113 Å². The minimum atomic E-state index is -2.17. The number of rotatable bonds is 12. The molecular weight excluding hydrogens is 1000 g/mol.